The van der Waals surface area contributed by atoms with E-state index >= 15 is 0 Å². The molecule has 0 saturated carbocycles. The Hall–Kier alpha value is -1.78. The molecule has 4 nitrogen and oxygen atoms in total. The van der Waals surface area contributed by atoms with Gasteiger partial charge in [0, 0.05) is 18.8 Å². The topological polar surface area (TPSA) is 50.4 Å². The standard InChI is InChI=1S/C11H15FN2O2/c1-7(11(15)13-2)14-8-4-5-9(12)10(6-8)16-3/h4-7,14H,1-3H3,(H,13,15). The van der Waals surface area contributed by atoms with Gasteiger partial charge in [0.2, 0.25) is 5.91 Å². The molecule has 0 heterocycles. The molecule has 88 valence electrons. The fourth-order valence-electron chi connectivity index (χ4n) is 1.28. The molecule has 1 aromatic rings. The van der Waals surface area contributed by atoms with Gasteiger partial charge < -0.3 is 15.4 Å². The summed E-state index contributed by atoms with van der Waals surface area (Å²) in [5.41, 5.74) is 0.634. The molecule has 0 radical (unpaired) electrons. The predicted octanol–water partition coefficient (Wildman–Crippen LogP) is 1.38. The SMILES string of the molecule is CNC(=O)C(C)Nc1ccc(F)c(OC)c1. The summed E-state index contributed by atoms with van der Waals surface area (Å²) in [6.45, 7) is 1.72. The Balaban J connectivity index is 2.78. The molecule has 0 aromatic heterocycles. The van der Waals surface area contributed by atoms with Crippen molar-refractivity contribution in [1.29, 1.82) is 0 Å². The highest BCUT2D eigenvalue weighted by molar-refractivity contribution is 5.83. The monoisotopic (exact) mass is 226 g/mol. The van der Waals surface area contributed by atoms with Gasteiger partial charge in [-0.05, 0) is 19.1 Å². The number of hydrogen-bond donors (Lipinski definition) is 2. The zero-order chi connectivity index (χ0) is 12.1. The van der Waals surface area contributed by atoms with E-state index in [4.69, 9.17) is 4.74 Å². The Kier molecular flexibility index (Phi) is 4.10. The summed E-state index contributed by atoms with van der Waals surface area (Å²) in [5.74, 6) is -0.418. The summed E-state index contributed by atoms with van der Waals surface area (Å²) >= 11 is 0. The molecule has 0 fully saturated rings. The van der Waals surface area contributed by atoms with Gasteiger partial charge in [-0.1, -0.05) is 0 Å². The van der Waals surface area contributed by atoms with E-state index in [1.807, 2.05) is 0 Å². The molecular weight excluding hydrogens is 211 g/mol. The fraction of sp³-hybridized carbons (Fsp3) is 0.364. The fourth-order valence-corrected chi connectivity index (χ4v) is 1.28. The van der Waals surface area contributed by atoms with Crippen LogP contribution in [0.5, 0.6) is 5.75 Å². The van der Waals surface area contributed by atoms with Crippen molar-refractivity contribution in [1.82, 2.24) is 5.32 Å². The predicted molar refractivity (Wildman–Crippen MR) is 60.1 cm³/mol. The Labute approximate surface area is 93.8 Å². The van der Waals surface area contributed by atoms with Crippen LogP contribution in [0, 0.1) is 5.82 Å². The largest absolute Gasteiger partial charge is 0.494 e. The Bertz CT molecular complexity index is 382. The number of carbonyl (C=O) groups is 1. The number of hydrogen-bond acceptors (Lipinski definition) is 3. The van der Waals surface area contributed by atoms with E-state index < -0.39 is 5.82 Å². The number of methoxy groups -OCH3 is 1. The van der Waals surface area contributed by atoms with Gasteiger partial charge in [-0.2, -0.15) is 0 Å². The van der Waals surface area contributed by atoms with Crippen LogP contribution < -0.4 is 15.4 Å². The summed E-state index contributed by atoms with van der Waals surface area (Å²) < 4.78 is 17.9. The maximum atomic E-state index is 13.1. The van der Waals surface area contributed by atoms with Crippen molar-refractivity contribution in [2.24, 2.45) is 0 Å². The van der Waals surface area contributed by atoms with Gasteiger partial charge >= 0.3 is 0 Å². The highest BCUT2D eigenvalue weighted by Gasteiger charge is 2.11. The molecule has 0 saturated heterocycles. The molecule has 0 bridgehead atoms. The second-order valence-corrected chi connectivity index (χ2v) is 3.33. The number of benzene rings is 1. The lowest BCUT2D eigenvalue weighted by molar-refractivity contribution is -0.121. The molecule has 1 amide bonds. The first-order valence-electron chi connectivity index (χ1n) is 4.90. The summed E-state index contributed by atoms with van der Waals surface area (Å²) in [4.78, 5) is 11.3. The molecule has 1 aromatic carbocycles. The average molecular weight is 226 g/mol. The molecule has 0 aliphatic carbocycles. The van der Waals surface area contributed by atoms with Gasteiger partial charge in [-0.3, -0.25) is 4.79 Å². The van der Waals surface area contributed by atoms with E-state index in [0.717, 1.165) is 0 Å². The van der Waals surface area contributed by atoms with Crippen molar-refractivity contribution in [2.75, 3.05) is 19.5 Å². The van der Waals surface area contributed by atoms with Gasteiger partial charge in [0.15, 0.2) is 11.6 Å². The average Bonchev–Trinajstić information content (AvgIpc) is 2.30. The molecule has 16 heavy (non-hydrogen) atoms. The molecule has 0 aliphatic heterocycles. The summed E-state index contributed by atoms with van der Waals surface area (Å²) in [6.07, 6.45) is 0. The van der Waals surface area contributed by atoms with Crippen molar-refractivity contribution in [2.45, 2.75) is 13.0 Å². The number of amides is 1. The van der Waals surface area contributed by atoms with Crippen LogP contribution in [0.3, 0.4) is 0 Å². The zero-order valence-corrected chi connectivity index (χ0v) is 9.50. The number of ether oxygens (including phenoxy) is 1. The van der Waals surface area contributed by atoms with Crippen LogP contribution in [-0.2, 0) is 4.79 Å². The first kappa shape index (κ1) is 12.3. The number of halogens is 1. The van der Waals surface area contributed by atoms with Crippen LogP contribution >= 0.6 is 0 Å². The van der Waals surface area contributed by atoms with Crippen molar-refractivity contribution in [3.63, 3.8) is 0 Å². The molecule has 1 unspecified atom stereocenters. The molecular formula is C11H15FN2O2. The number of likely N-dealkylation sites (N-methyl/N-ethyl adjacent to an activating group) is 1. The van der Waals surface area contributed by atoms with E-state index in [2.05, 4.69) is 10.6 Å². The van der Waals surface area contributed by atoms with Crippen molar-refractivity contribution >= 4 is 11.6 Å². The van der Waals surface area contributed by atoms with E-state index in [1.165, 1.54) is 19.2 Å². The summed E-state index contributed by atoms with van der Waals surface area (Å²) in [6, 6.07) is 3.96. The van der Waals surface area contributed by atoms with Gasteiger partial charge in [0.05, 0.1) is 7.11 Å². The quantitative estimate of drug-likeness (QED) is 0.815. The lowest BCUT2D eigenvalue weighted by Gasteiger charge is -2.14. The normalized spacial score (nSPS) is 11.8. The molecule has 0 aliphatic rings. The minimum absolute atomic E-state index is 0.136. The first-order chi connectivity index (χ1) is 7.58. The zero-order valence-electron chi connectivity index (χ0n) is 9.50. The van der Waals surface area contributed by atoms with Crippen molar-refractivity contribution in [3.05, 3.63) is 24.0 Å². The van der Waals surface area contributed by atoms with Crippen LogP contribution in [0.15, 0.2) is 18.2 Å². The summed E-state index contributed by atoms with van der Waals surface area (Å²) in [7, 11) is 2.95. The molecule has 1 atom stereocenters. The number of carbonyl (C=O) groups excluding carboxylic acids is 1. The lowest BCUT2D eigenvalue weighted by atomic mass is 10.2. The third kappa shape index (κ3) is 2.85. The maximum Gasteiger partial charge on any atom is 0.241 e. The van der Waals surface area contributed by atoms with Crippen LogP contribution in [0.2, 0.25) is 0 Å². The lowest BCUT2D eigenvalue weighted by Crippen LogP contribution is -2.35. The van der Waals surface area contributed by atoms with Gasteiger partial charge in [0.1, 0.15) is 6.04 Å². The van der Waals surface area contributed by atoms with E-state index in [0.29, 0.717) is 5.69 Å². The molecule has 2 N–H and O–H groups in total. The number of nitrogens with one attached hydrogen (secondary N) is 2. The van der Waals surface area contributed by atoms with Crippen LogP contribution in [-0.4, -0.2) is 26.1 Å². The van der Waals surface area contributed by atoms with Crippen molar-refractivity contribution < 1.29 is 13.9 Å². The first-order valence-corrected chi connectivity index (χ1v) is 4.90. The Morgan fingerprint density at radius 2 is 2.19 bits per heavy atom. The molecule has 1 rings (SSSR count). The van der Waals surface area contributed by atoms with Crippen molar-refractivity contribution in [3.8, 4) is 5.75 Å². The highest BCUT2D eigenvalue weighted by Crippen LogP contribution is 2.21. The minimum Gasteiger partial charge on any atom is -0.494 e. The third-order valence-corrected chi connectivity index (χ3v) is 2.17. The van der Waals surface area contributed by atoms with E-state index in [-0.39, 0.29) is 17.7 Å². The van der Waals surface area contributed by atoms with E-state index in [9.17, 15) is 9.18 Å². The van der Waals surface area contributed by atoms with Gasteiger partial charge in [-0.25, -0.2) is 4.39 Å². The maximum absolute atomic E-state index is 13.1. The second kappa shape index (κ2) is 5.34. The number of rotatable bonds is 4. The minimum atomic E-state index is -0.430. The third-order valence-electron chi connectivity index (χ3n) is 2.17. The van der Waals surface area contributed by atoms with Crippen LogP contribution in [0.1, 0.15) is 6.92 Å². The molecule has 5 heteroatoms. The van der Waals surface area contributed by atoms with E-state index in [1.54, 1.807) is 20.0 Å². The Morgan fingerprint density at radius 1 is 1.50 bits per heavy atom. The van der Waals surface area contributed by atoms with Gasteiger partial charge in [-0.15, -0.1) is 0 Å². The Morgan fingerprint density at radius 3 is 2.75 bits per heavy atom. The summed E-state index contributed by atoms with van der Waals surface area (Å²) in [5, 5.41) is 5.45. The van der Waals surface area contributed by atoms with Gasteiger partial charge in [0.25, 0.3) is 0 Å². The highest BCUT2D eigenvalue weighted by atomic mass is 19.1. The van der Waals surface area contributed by atoms with Crippen LogP contribution in [0.4, 0.5) is 10.1 Å². The van der Waals surface area contributed by atoms with Crippen LogP contribution in [0.25, 0.3) is 0 Å². The number of anilines is 1. The smallest absolute Gasteiger partial charge is 0.241 e. The second-order valence-electron chi connectivity index (χ2n) is 3.33. The molecule has 0 spiro atoms.